The van der Waals surface area contributed by atoms with Crippen molar-refractivity contribution in [3.63, 3.8) is 0 Å². The molecule has 0 aliphatic carbocycles. The predicted octanol–water partition coefficient (Wildman–Crippen LogP) is 5.10. The Bertz CT molecular complexity index is 439. The van der Waals surface area contributed by atoms with Gasteiger partial charge in [-0.15, -0.1) is 0 Å². The Morgan fingerprint density at radius 2 is 1.59 bits per heavy atom. The third kappa shape index (κ3) is 9.32. The van der Waals surface area contributed by atoms with E-state index in [4.69, 9.17) is 0 Å². The van der Waals surface area contributed by atoms with E-state index in [1.165, 1.54) is 63.2 Å². The molecule has 0 atom stereocenters. The molecule has 3 heteroatoms. The predicted molar refractivity (Wildman–Crippen MR) is 91.1 cm³/mol. The van der Waals surface area contributed by atoms with Gasteiger partial charge in [0.25, 0.3) is 0 Å². The lowest BCUT2D eigenvalue weighted by atomic mass is 10.1. The van der Waals surface area contributed by atoms with Crippen molar-refractivity contribution in [3.8, 4) is 0 Å². The first kappa shape index (κ1) is 18.4. The summed E-state index contributed by atoms with van der Waals surface area (Å²) in [5.74, 6) is -0.358. The lowest BCUT2D eigenvalue weighted by Crippen LogP contribution is -2.21. The first-order valence-electron chi connectivity index (χ1n) is 8.44. The van der Waals surface area contributed by atoms with E-state index in [2.05, 4.69) is 12.2 Å². The highest BCUT2D eigenvalue weighted by molar-refractivity contribution is 5.91. The summed E-state index contributed by atoms with van der Waals surface area (Å²) in [5, 5.41) is 2.88. The standard InChI is InChI=1S/C19H28FNO/c1-2-3-4-5-6-7-8-9-16-21-19(22)15-12-17-10-13-18(20)14-11-17/h10-15H,2-9,16H2,1H3,(H,21,22)/b15-12+. The number of halogens is 1. The van der Waals surface area contributed by atoms with Gasteiger partial charge < -0.3 is 5.32 Å². The van der Waals surface area contributed by atoms with Gasteiger partial charge >= 0.3 is 0 Å². The Kier molecular flexibility index (Phi) is 10.0. The van der Waals surface area contributed by atoms with Gasteiger partial charge in [-0.3, -0.25) is 4.79 Å². The Morgan fingerprint density at radius 1 is 1.00 bits per heavy atom. The number of unbranched alkanes of at least 4 members (excludes halogenated alkanes) is 7. The zero-order valence-electron chi connectivity index (χ0n) is 13.6. The van der Waals surface area contributed by atoms with Gasteiger partial charge in [0.1, 0.15) is 5.82 Å². The van der Waals surface area contributed by atoms with Gasteiger partial charge in [-0.05, 0) is 30.2 Å². The molecule has 0 radical (unpaired) electrons. The molecule has 1 aromatic rings. The van der Waals surface area contributed by atoms with E-state index in [9.17, 15) is 9.18 Å². The van der Waals surface area contributed by atoms with Gasteiger partial charge in [0.05, 0.1) is 0 Å². The molecule has 122 valence electrons. The molecule has 0 saturated heterocycles. The number of rotatable bonds is 11. The molecule has 0 aliphatic rings. The third-order valence-corrected chi connectivity index (χ3v) is 3.63. The van der Waals surface area contributed by atoms with Crippen LogP contribution in [0, 0.1) is 5.82 Å². The highest BCUT2D eigenvalue weighted by Crippen LogP contribution is 2.08. The lowest BCUT2D eigenvalue weighted by molar-refractivity contribution is -0.116. The van der Waals surface area contributed by atoms with E-state index < -0.39 is 0 Å². The molecule has 1 rings (SSSR count). The Balaban J connectivity index is 2.02. The molecular formula is C19H28FNO. The van der Waals surface area contributed by atoms with Crippen molar-refractivity contribution in [2.75, 3.05) is 6.54 Å². The maximum absolute atomic E-state index is 12.7. The number of nitrogens with one attached hydrogen (secondary N) is 1. The first-order valence-corrected chi connectivity index (χ1v) is 8.44. The average molecular weight is 305 g/mol. The summed E-state index contributed by atoms with van der Waals surface area (Å²) in [7, 11) is 0. The van der Waals surface area contributed by atoms with Crippen LogP contribution in [0.4, 0.5) is 4.39 Å². The quantitative estimate of drug-likeness (QED) is 0.447. The van der Waals surface area contributed by atoms with Crippen molar-refractivity contribution in [2.24, 2.45) is 0 Å². The molecule has 0 saturated carbocycles. The van der Waals surface area contributed by atoms with Crippen molar-refractivity contribution in [3.05, 3.63) is 41.7 Å². The molecule has 2 nitrogen and oxygen atoms in total. The monoisotopic (exact) mass is 305 g/mol. The summed E-state index contributed by atoms with van der Waals surface area (Å²) in [4.78, 5) is 11.6. The van der Waals surface area contributed by atoms with E-state index in [0.717, 1.165) is 18.5 Å². The zero-order chi connectivity index (χ0) is 16.0. The second-order valence-corrected chi connectivity index (χ2v) is 5.65. The minimum absolute atomic E-state index is 0.0905. The van der Waals surface area contributed by atoms with E-state index >= 15 is 0 Å². The average Bonchev–Trinajstić information content (AvgIpc) is 2.53. The van der Waals surface area contributed by atoms with Gasteiger partial charge in [-0.2, -0.15) is 0 Å². The second-order valence-electron chi connectivity index (χ2n) is 5.65. The van der Waals surface area contributed by atoms with Crippen LogP contribution in [-0.2, 0) is 4.79 Å². The molecule has 0 aliphatic heterocycles. The van der Waals surface area contributed by atoms with Crippen LogP contribution in [0.15, 0.2) is 30.3 Å². The van der Waals surface area contributed by atoms with E-state index in [1.807, 2.05) is 0 Å². The molecular weight excluding hydrogens is 277 g/mol. The minimum atomic E-state index is -0.267. The number of benzene rings is 1. The topological polar surface area (TPSA) is 29.1 Å². The normalized spacial score (nSPS) is 11.0. The molecule has 0 aromatic heterocycles. The van der Waals surface area contributed by atoms with Crippen molar-refractivity contribution < 1.29 is 9.18 Å². The van der Waals surface area contributed by atoms with Crippen molar-refractivity contribution in [1.82, 2.24) is 5.32 Å². The van der Waals surface area contributed by atoms with Gasteiger partial charge in [0.15, 0.2) is 0 Å². The second kappa shape index (κ2) is 12.0. The summed E-state index contributed by atoms with van der Waals surface area (Å²) in [6.45, 7) is 2.95. The van der Waals surface area contributed by atoms with Crippen molar-refractivity contribution in [2.45, 2.75) is 58.3 Å². The summed E-state index contributed by atoms with van der Waals surface area (Å²) >= 11 is 0. The van der Waals surface area contributed by atoms with Gasteiger partial charge in [0.2, 0.25) is 5.91 Å². The van der Waals surface area contributed by atoms with Crippen molar-refractivity contribution >= 4 is 12.0 Å². The molecule has 1 N–H and O–H groups in total. The van der Waals surface area contributed by atoms with Crippen LogP contribution in [0.25, 0.3) is 6.08 Å². The van der Waals surface area contributed by atoms with Crippen molar-refractivity contribution in [1.29, 1.82) is 0 Å². The number of carbonyl (C=O) groups excluding carboxylic acids is 1. The summed E-state index contributed by atoms with van der Waals surface area (Å²) in [6.07, 6.45) is 13.3. The van der Waals surface area contributed by atoms with Gasteiger partial charge in [-0.25, -0.2) is 4.39 Å². The van der Waals surface area contributed by atoms with E-state index in [0.29, 0.717) is 0 Å². The molecule has 0 spiro atoms. The van der Waals surface area contributed by atoms with Crippen LogP contribution in [0.2, 0.25) is 0 Å². The minimum Gasteiger partial charge on any atom is -0.353 e. The molecule has 1 amide bonds. The maximum atomic E-state index is 12.7. The van der Waals surface area contributed by atoms with E-state index in [-0.39, 0.29) is 11.7 Å². The zero-order valence-corrected chi connectivity index (χ0v) is 13.6. The Labute approximate surface area is 133 Å². The SMILES string of the molecule is CCCCCCCCCCNC(=O)/C=C/c1ccc(F)cc1. The highest BCUT2D eigenvalue weighted by Gasteiger charge is 1.96. The number of hydrogen-bond donors (Lipinski definition) is 1. The summed E-state index contributed by atoms with van der Waals surface area (Å²) in [6, 6.07) is 6.07. The summed E-state index contributed by atoms with van der Waals surface area (Å²) in [5.41, 5.74) is 0.823. The molecule has 0 fully saturated rings. The number of hydrogen-bond acceptors (Lipinski definition) is 1. The smallest absolute Gasteiger partial charge is 0.243 e. The van der Waals surface area contributed by atoms with Crippen LogP contribution < -0.4 is 5.32 Å². The number of amides is 1. The fraction of sp³-hybridized carbons (Fsp3) is 0.526. The van der Waals surface area contributed by atoms with Crippen LogP contribution in [-0.4, -0.2) is 12.5 Å². The van der Waals surface area contributed by atoms with Gasteiger partial charge in [0, 0.05) is 12.6 Å². The van der Waals surface area contributed by atoms with Crippen LogP contribution >= 0.6 is 0 Å². The van der Waals surface area contributed by atoms with E-state index in [1.54, 1.807) is 18.2 Å². The Hall–Kier alpha value is -1.64. The fourth-order valence-electron chi connectivity index (χ4n) is 2.28. The molecule has 0 heterocycles. The first-order chi connectivity index (χ1) is 10.7. The molecule has 22 heavy (non-hydrogen) atoms. The largest absolute Gasteiger partial charge is 0.353 e. The molecule has 1 aromatic carbocycles. The number of carbonyl (C=O) groups is 1. The third-order valence-electron chi connectivity index (χ3n) is 3.63. The molecule has 0 unspecified atom stereocenters. The molecule has 0 bridgehead atoms. The summed E-state index contributed by atoms with van der Waals surface area (Å²) < 4.78 is 12.7. The van der Waals surface area contributed by atoms with Crippen LogP contribution in [0.5, 0.6) is 0 Å². The lowest BCUT2D eigenvalue weighted by Gasteiger charge is -2.03. The fourth-order valence-corrected chi connectivity index (χ4v) is 2.28. The van der Waals surface area contributed by atoms with Crippen LogP contribution in [0.3, 0.4) is 0 Å². The maximum Gasteiger partial charge on any atom is 0.243 e. The van der Waals surface area contributed by atoms with Gasteiger partial charge in [-0.1, -0.05) is 64.0 Å². The van der Waals surface area contributed by atoms with Crippen LogP contribution in [0.1, 0.15) is 63.9 Å². The Morgan fingerprint density at radius 3 is 2.23 bits per heavy atom. The highest BCUT2D eigenvalue weighted by atomic mass is 19.1.